The first kappa shape index (κ1) is 20.3. The van der Waals surface area contributed by atoms with Crippen LogP contribution >= 0.6 is 11.6 Å². The van der Waals surface area contributed by atoms with Crippen LogP contribution in [0.25, 0.3) is 0 Å². The van der Waals surface area contributed by atoms with E-state index in [0.29, 0.717) is 16.5 Å². The smallest absolute Gasteiger partial charge is 0.329 e. The Morgan fingerprint density at radius 2 is 1.72 bits per heavy atom. The van der Waals surface area contributed by atoms with E-state index in [9.17, 15) is 19.2 Å². The number of amides is 3. The van der Waals surface area contributed by atoms with Gasteiger partial charge in [0.25, 0.3) is 17.7 Å². The Bertz CT molecular complexity index is 971. The van der Waals surface area contributed by atoms with Crippen molar-refractivity contribution in [1.82, 2.24) is 4.90 Å². The quantitative estimate of drug-likeness (QED) is 0.573. The highest BCUT2D eigenvalue weighted by molar-refractivity contribution is 6.31. The molecule has 1 atom stereocenters. The highest BCUT2D eigenvalue weighted by Crippen LogP contribution is 2.28. The van der Waals surface area contributed by atoms with Gasteiger partial charge in [-0.1, -0.05) is 23.7 Å². The van der Waals surface area contributed by atoms with E-state index in [2.05, 4.69) is 5.32 Å². The molecule has 3 rings (SSSR count). The number of nitrogens with one attached hydrogen (secondary N) is 1. The van der Waals surface area contributed by atoms with Gasteiger partial charge >= 0.3 is 5.97 Å². The zero-order chi connectivity index (χ0) is 21.1. The van der Waals surface area contributed by atoms with Crippen molar-refractivity contribution < 1.29 is 28.7 Å². The summed E-state index contributed by atoms with van der Waals surface area (Å²) >= 11 is 5.90. The first-order chi connectivity index (χ1) is 13.8. The number of esters is 1. The van der Waals surface area contributed by atoms with Gasteiger partial charge in [-0.05, 0) is 37.3 Å². The van der Waals surface area contributed by atoms with E-state index in [4.69, 9.17) is 21.1 Å². The summed E-state index contributed by atoms with van der Waals surface area (Å²) in [6.07, 6.45) is 0. The second-order valence-electron chi connectivity index (χ2n) is 6.20. The number of halogens is 1. The van der Waals surface area contributed by atoms with Gasteiger partial charge in [-0.2, -0.15) is 0 Å². The van der Waals surface area contributed by atoms with Gasteiger partial charge in [0, 0.05) is 5.02 Å². The average molecular weight is 417 g/mol. The third kappa shape index (κ3) is 4.07. The van der Waals surface area contributed by atoms with Crippen LogP contribution in [0, 0.1) is 0 Å². The minimum Gasteiger partial charge on any atom is -0.495 e. The SMILES string of the molecule is COc1ccc(Cl)cc1NC(=O)COC(=O)C(C)N1C(=O)c2ccccc2C1=O. The minimum absolute atomic E-state index is 0.225. The number of ether oxygens (including phenoxy) is 2. The maximum absolute atomic E-state index is 12.4. The molecule has 2 aromatic rings. The van der Waals surface area contributed by atoms with Gasteiger partial charge in [0.05, 0.1) is 23.9 Å². The van der Waals surface area contributed by atoms with Gasteiger partial charge < -0.3 is 14.8 Å². The average Bonchev–Trinajstić information content (AvgIpc) is 2.96. The summed E-state index contributed by atoms with van der Waals surface area (Å²) in [5.74, 6) is -2.29. The van der Waals surface area contributed by atoms with E-state index >= 15 is 0 Å². The second-order valence-corrected chi connectivity index (χ2v) is 6.64. The molecule has 1 aliphatic rings. The van der Waals surface area contributed by atoms with Gasteiger partial charge in [-0.15, -0.1) is 0 Å². The molecule has 2 aromatic carbocycles. The molecule has 0 aromatic heterocycles. The Hall–Kier alpha value is -3.39. The molecule has 0 radical (unpaired) electrons. The van der Waals surface area contributed by atoms with Crippen LogP contribution in [0.2, 0.25) is 5.02 Å². The van der Waals surface area contributed by atoms with E-state index in [0.717, 1.165) is 4.90 Å². The zero-order valence-corrected chi connectivity index (χ0v) is 16.4. The normalized spacial score (nSPS) is 13.7. The number of hydrogen-bond acceptors (Lipinski definition) is 6. The molecule has 0 aliphatic carbocycles. The van der Waals surface area contributed by atoms with Crippen LogP contribution in [0.3, 0.4) is 0 Å². The number of carbonyl (C=O) groups excluding carboxylic acids is 4. The predicted octanol–water partition coefficient (Wildman–Crippen LogP) is 2.52. The van der Waals surface area contributed by atoms with E-state index < -0.39 is 36.3 Å². The number of hydrogen-bond donors (Lipinski definition) is 1. The van der Waals surface area contributed by atoms with Gasteiger partial charge in [-0.25, -0.2) is 4.79 Å². The van der Waals surface area contributed by atoms with Crippen molar-refractivity contribution >= 4 is 41.0 Å². The molecular formula is C20H17ClN2O6. The molecule has 0 bridgehead atoms. The highest BCUT2D eigenvalue weighted by atomic mass is 35.5. The summed E-state index contributed by atoms with van der Waals surface area (Å²) in [7, 11) is 1.43. The van der Waals surface area contributed by atoms with Crippen molar-refractivity contribution in [2.24, 2.45) is 0 Å². The van der Waals surface area contributed by atoms with Gasteiger partial charge in [0.15, 0.2) is 6.61 Å². The Labute approximate surface area is 171 Å². The maximum Gasteiger partial charge on any atom is 0.329 e. The summed E-state index contributed by atoms with van der Waals surface area (Å²) < 4.78 is 10.1. The van der Waals surface area contributed by atoms with Crippen LogP contribution < -0.4 is 10.1 Å². The molecular weight excluding hydrogens is 400 g/mol. The molecule has 150 valence electrons. The number of rotatable bonds is 6. The van der Waals surface area contributed by atoms with Crippen LogP contribution in [0.1, 0.15) is 27.6 Å². The van der Waals surface area contributed by atoms with Crippen molar-refractivity contribution in [2.75, 3.05) is 19.0 Å². The molecule has 0 saturated carbocycles. The number of nitrogens with zero attached hydrogens (tertiary/aromatic N) is 1. The third-order valence-corrected chi connectivity index (χ3v) is 4.57. The van der Waals surface area contributed by atoms with E-state index in [1.807, 2.05) is 0 Å². The standard InChI is InChI=1S/C20H17ClN2O6/c1-11(23-18(25)13-5-3-4-6-14(13)19(23)26)20(27)29-10-17(24)22-15-9-12(21)7-8-16(15)28-2/h3-9,11H,10H2,1-2H3,(H,22,24). The monoisotopic (exact) mass is 416 g/mol. The Kier molecular flexibility index (Phi) is 5.84. The summed E-state index contributed by atoms with van der Waals surface area (Å²) in [5, 5.41) is 2.91. The lowest BCUT2D eigenvalue weighted by molar-refractivity contribution is -0.150. The molecule has 1 aliphatic heterocycles. The molecule has 0 spiro atoms. The van der Waals surface area contributed by atoms with Crippen LogP contribution in [0.15, 0.2) is 42.5 Å². The lowest BCUT2D eigenvalue weighted by atomic mass is 10.1. The molecule has 0 saturated heterocycles. The fourth-order valence-electron chi connectivity index (χ4n) is 2.89. The molecule has 9 heteroatoms. The number of methoxy groups -OCH3 is 1. The summed E-state index contributed by atoms with van der Waals surface area (Å²) in [6.45, 7) is 0.754. The Morgan fingerprint density at radius 3 is 2.31 bits per heavy atom. The summed E-state index contributed by atoms with van der Waals surface area (Å²) in [4.78, 5) is 50.1. The number of fused-ring (bicyclic) bond motifs is 1. The van der Waals surface area contributed by atoms with Crippen LogP contribution in [-0.2, 0) is 14.3 Å². The zero-order valence-electron chi connectivity index (χ0n) is 15.6. The van der Waals surface area contributed by atoms with Crippen molar-refractivity contribution in [1.29, 1.82) is 0 Å². The lowest BCUT2D eigenvalue weighted by Gasteiger charge is -2.20. The predicted molar refractivity (Wildman–Crippen MR) is 104 cm³/mol. The Morgan fingerprint density at radius 1 is 1.10 bits per heavy atom. The molecule has 1 unspecified atom stereocenters. The maximum atomic E-state index is 12.4. The van der Waals surface area contributed by atoms with Gasteiger partial charge in [-0.3, -0.25) is 19.3 Å². The largest absolute Gasteiger partial charge is 0.495 e. The van der Waals surface area contributed by atoms with Crippen molar-refractivity contribution in [3.05, 3.63) is 58.6 Å². The van der Waals surface area contributed by atoms with Gasteiger partial charge in [0.1, 0.15) is 11.8 Å². The topological polar surface area (TPSA) is 102 Å². The second kappa shape index (κ2) is 8.32. The van der Waals surface area contributed by atoms with Crippen LogP contribution in [0.4, 0.5) is 5.69 Å². The molecule has 3 amide bonds. The molecule has 1 heterocycles. The lowest BCUT2D eigenvalue weighted by Crippen LogP contribution is -2.44. The van der Waals surface area contributed by atoms with Crippen LogP contribution in [0.5, 0.6) is 5.75 Å². The number of carbonyl (C=O) groups is 4. The number of imide groups is 1. The fraction of sp³-hybridized carbons (Fsp3) is 0.200. The molecule has 0 fully saturated rings. The Balaban J connectivity index is 1.61. The highest BCUT2D eigenvalue weighted by Gasteiger charge is 2.41. The number of benzene rings is 2. The van der Waals surface area contributed by atoms with Crippen molar-refractivity contribution in [3.63, 3.8) is 0 Å². The van der Waals surface area contributed by atoms with Crippen molar-refractivity contribution in [2.45, 2.75) is 13.0 Å². The van der Waals surface area contributed by atoms with Gasteiger partial charge in [0.2, 0.25) is 0 Å². The molecule has 29 heavy (non-hydrogen) atoms. The van der Waals surface area contributed by atoms with Crippen molar-refractivity contribution in [3.8, 4) is 5.75 Å². The van der Waals surface area contributed by atoms with E-state index in [1.165, 1.54) is 32.2 Å². The molecule has 8 nitrogen and oxygen atoms in total. The molecule has 1 N–H and O–H groups in total. The minimum atomic E-state index is -1.18. The summed E-state index contributed by atoms with van der Waals surface area (Å²) in [5.41, 5.74) is 0.764. The first-order valence-corrected chi connectivity index (χ1v) is 8.98. The van der Waals surface area contributed by atoms with E-state index in [-0.39, 0.29) is 11.1 Å². The third-order valence-electron chi connectivity index (χ3n) is 4.34. The first-order valence-electron chi connectivity index (χ1n) is 8.60. The van der Waals surface area contributed by atoms with Crippen LogP contribution in [-0.4, -0.2) is 48.3 Å². The van der Waals surface area contributed by atoms with E-state index in [1.54, 1.807) is 24.3 Å². The summed E-state index contributed by atoms with van der Waals surface area (Å²) in [6, 6.07) is 9.76. The fourth-order valence-corrected chi connectivity index (χ4v) is 3.06. The number of anilines is 1.